The largest absolute Gasteiger partial charge is 0.493 e. The molecule has 0 bridgehead atoms. The molecule has 6 nitrogen and oxygen atoms in total. The van der Waals surface area contributed by atoms with Crippen LogP contribution in [0.2, 0.25) is 0 Å². The van der Waals surface area contributed by atoms with Crippen LogP contribution in [0.5, 0.6) is 17.2 Å². The molecule has 0 aliphatic heterocycles. The van der Waals surface area contributed by atoms with Crippen LogP contribution in [0.4, 0.5) is 10.2 Å². The number of aromatic nitrogens is 1. The normalized spacial score (nSPS) is 10.2. The molecule has 0 aliphatic carbocycles. The minimum Gasteiger partial charge on any atom is -0.493 e. The first-order valence-electron chi connectivity index (χ1n) is 8.29. The molecule has 0 aliphatic rings. The van der Waals surface area contributed by atoms with Gasteiger partial charge in [-0.2, -0.15) is 5.26 Å². The van der Waals surface area contributed by atoms with Gasteiger partial charge < -0.3 is 19.9 Å². The zero-order valence-corrected chi connectivity index (χ0v) is 15.6. The molecule has 142 valence electrons. The van der Waals surface area contributed by atoms with E-state index >= 15 is 0 Å². The first-order valence-corrected chi connectivity index (χ1v) is 8.29. The smallest absolute Gasteiger partial charge is 0.203 e. The highest BCUT2D eigenvalue weighted by Gasteiger charge is 2.19. The average molecular weight is 379 g/mol. The number of halogens is 1. The van der Waals surface area contributed by atoms with Gasteiger partial charge in [0, 0.05) is 11.1 Å². The van der Waals surface area contributed by atoms with E-state index in [-0.39, 0.29) is 11.4 Å². The number of nitrogens with zero attached hydrogens (tertiary/aromatic N) is 2. The highest BCUT2D eigenvalue weighted by atomic mass is 19.1. The fraction of sp³-hybridized carbons (Fsp3) is 0.143. The number of nitrogens with two attached hydrogens (primary N) is 1. The van der Waals surface area contributed by atoms with Gasteiger partial charge in [-0.05, 0) is 35.9 Å². The summed E-state index contributed by atoms with van der Waals surface area (Å²) in [6.07, 6.45) is 0. The van der Waals surface area contributed by atoms with E-state index in [1.54, 1.807) is 30.3 Å². The summed E-state index contributed by atoms with van der Waals surface area (Å²) in [4.78, 5) is 4.26. The second kappa shape index (κ2) is 7.84. The van der Waals surface area contributed by atoms with E-state index in [1.807, 2.05) is 0 Å². The SMILES string of the molecule is COc1cc(-c2cc(-c3cccc(F)c3)nc(N)c2C#N)cc(OC)c1OC. The quantitative estimate of drug-likeness (QED) is 0.720. The van der Waals surface area contributed by atoms with Crippen molar-refractivity contribution in [3.8, 4) is 45.7 Å². The van der Waals surface area contributed by atoms with Crippen LogP contribution < -0.4 is 19.9 Å². The van der Waals surface area contributed by atoms with Crippen molar-refractivity contribution in [2.24, 2.45) is 0 Å². The van der Waals surface area contributed by atoms with Crippen LogP contribution in [0, 0.1) is 17.1 Å². The molecule has 0 unspecified atom stereocenters. The maximum absolute atomic E-state index is 13.6. The molecular weight excluding hydrogens is 361 g/mol. The zero-order chi connectivity index (χ0) is 20.3. The van der Waals surface area contributed by atoms with Gasteiger partial charge in [0.15, 0.2) is 11.5 Å². The second-order valence-electron chi connectivity index (χ2n) is 5.85. The molecule has 1 heterocycles. The first kappa shape index (κ1) is 19.0. The second-order valence-corrected chi connectivity index (χ2v) is 5.85. The predicted molar refractivity (Wildman–Crippen MR) is 104 cm³/mol. The molecule has 0 spiro atoms. The third-order valence-electron chi connectivity index (χ3n) is 4.26. The number of nitriles is 1. The van der Waals surface area contributed by atoms with Gasteiger partial charge in [-0.1, -0.05) is 12.1 Å². The maximum atomic E-state index is 13.6. The third-order valence-corrected chi connectivity index (χ3v) is 4.26. The Morgan fingerprint density at radius 3 is 2.18 bits per heavy atom. The number of methoxy groups -OCH3 is 3. The molecule has 0 saturated heterocycles. The van der Waals surface area contributed by atoms with Crippen LogP contribution >= 0.6 is 0 Å². The van der Waals surface area contributed by atoms with Crippen LogP contribution in [0.3, 0.4) is 0 Å². The van der Waals surface area contributed by atoms with Gasteiger partial charge in [0.25, 0.3) is 0 Å². The van der Waals surface area contributed by atoms with E-state index in [9.17, 15) is 9.65 Å². The van der Waals surface area contributed by atoms with E-state index in [1.165, 1.54) is 33.5 Å². The van der Waals surface area contributed by atoms with Crippen LogP contribution in [0.15, 0.2) is 42.5 Å². The van der Waals surface area contributed by atoms with Crippen molar-refractivity contribution in [3.05, 3.63) is 53.8 Å². The minimum absolute atomic E-state index is 0.0491. The van der Waals surface area contributed by atoms with Gasteiger partial charge in [0.2, 0.25) is 5.75 Å². The summed E-state index contributed by atoms with van der Waals surface area (Å²) in [5.74, 6) is 0.955. The first-order chi connectivity index (χ1) is 13.5. The van der Waals surface area contributed by atoms with E-state index in [0.717, 1.165) is 0 Å². The number of rotatable bonds is 5. The number of pyridine rings is 1. The molecule has 1 aromatic heterocycles. The standard InChI is InChI=1S/C21H18FN3O3/c1-26-18-8-13(9-19(27-2)20(18)28-3)15-10-17(25-21(24)16(15)11-23)12-5-4-6-14(22)7-12/h4-10H,1-3H3,(H2,24,25). The number of hydrogen-bond acceptors (Lipinski definition) is 6. The lowest BCUT2D eigenvalue weighted by atomic mass is 9.97. The van der Waals surface area contributed by atoms with Gasteiger partial charge in [0.05, 0.1) is 27.0 Å². The zero-order valence-electron chi connectivity index (χ0n) is 15.6. The van der Waals surface area contributed by atoms with Gasteiger partial charge in [-0.25, -0.2) is 9.37 Å². The molecule has 0 saturated carbocycles. The molecular formula is C21H18FN3O3. The number of ether oxygens (including phenoxy) is 3. The lowest BCUT2D eigenvalue weighted by Crippen LogP contribution is -2.01. The highest BCUT2D eigenvalue weighted by molar-refractivity contribution is 5.82. The van der Waals surface area contributed by atoms with Crippen LogP contribution in [-0.2, 0) is 0 Å². The lowest BCUT2D eigenvalue weighted by Gasteiger charge is -2.16. The van der Waals surface area contributed by atoms with E-state index in [4.69, 9.17) is 19.9 Å². The Bertz CT molecular complexity index is 1050. The topological polar surface area (TPSA) is 90.4 Å². The summed E-state index contributed by atoms with van der Waals surface area (Å²) in [6.45, 7) is 0. The number of nitrogen functional groups attached to an aromatic ring is 1. The van der Waals surface area contributed by atoms with Gasteiger partial charge in [-0.3, -0.25) is 0 Å². The number of hydrogen-bond donors (Lipinski definition) is 1. The van der Waals surface area contributed by atoms with Crippen molar-refractivity contribution in [2.45, 2.75) is 0 Å². The van der Waals surface area contributed by atoms with E-state index in [0.29, 0.717) is 39.6 Å². The Labute approximate surface area is 161 Å². The Balaban J connectivity index is 2.28. The molecule has 7 heteroatoms. The van der Waals surface area contributed by atoms with Crippen molar-refractivity contribution in [2.75, 3.05) is 27.1 Å². The van der Waals surface area contributed by atoms with Crippen LogP contribution in [0.25, 0.3) is 22.4 Å². The third kappa shape index (κ3) is 3.40. The van der Waals surface area contributed by atoms with Crippen molar-refractivity contribution < 1.29 is 18.6 Å². The Morgan fingerprint density at radius 1 is 0.964 bits per heavy atom. The lowest BCUT2D eigenvalue weighted by molar-refractivity contribution is 0.324. The predicted octanol–water partition coefficient (Wildman–Crippen LogP) is 4.03. The summed E-state index contributed by atoms with van der Waals surface area (Å²) in [7, 11) is 4.52. The van der Waals surface area contributed by atoms with Crippen molar-refractivity contribution >= 4 is 5.82 Å². The molecule has 0 radical (unpaired) electrons. The van der Waals surface area contributed by atoms with Crippen LogP contribution in [0.1, 0.15) is 5.56 Å². The summed E-state index contributed by atoms with van der Waals surface area (Å²) < 4.78 is 29.8. The van der Waals surface area contributed by atoms with Crippen molar-refractivity contribution in [3.63, 3.8) is 0 Å². The van der Waals surface area contributed by atoms with Crippen molar-refractivity contribution in [1.29, 1.82) is 5.26 Å². The van der Waals surface area contributed by atoms with E-state index < -0.39 is 5.82 Å². The molecule has 0 amide bonds. The molecule has 3 rings (SSSR count). The Kier molecular flexibility index (Phi) is 5.32. The van der Waals surface area contributed by atoms with Gasteiger partial charge in [0.1, 0.15) is 23.3 Å². The molecule has 2 N–H and O–H groups in total. The molecule has 0 fully saturated rings. The monoisotopic (exact) mass is 379 g/mol. The Morgan fingerprint density at radius 2 is 1.64 bits per heavy atom. The minimum atomic E-state index is -0.392. The fourth-order valence-corrected chi connectivity index (χ4v) is 2.94. The summed E-state index contributed by atoms with van der Waals surface area (Å²) >= 11 is 0. The van der Waals surface area contributed by atoms with Crippen molar-refractivity contribution in [1.82, 2.24) is 4.98 Å². The Hall–Kier alpha value is -3.79. The molecule has 3 aromatic rings. The summed E-state index contributed by atoms with van der Waals surface area (Å²) in [6, 6.07) is 13.2. The number of anilines is 1. The van der Waals surface area contributed by atoms with Crippen LogP contribution in [-0.4, -0.2) is 26.3 Å². The average Bonchev–Trinajstić information content (AvgIpc) is 2.71. The summed E-state index contributed by atoms with van der Waals surface area (Å²) in [5.41, 5.74) is 8.37. The molecule has 0 atom stereocenters. The molecule has 2 aromatic carbocycles. The van der Waals surface area contributed by atoms with Gasteiger partial charge >= 0.3 is 0 Å². The number of benzene rings is 2. The molecule has 28 heavy (non-hydrogen) atoms. The maximum Gasteiger partial charge on any atom is 0.203 e. The van der Waals surface area contributed by atoms with Gasteiger partial charge in [-0.15, -0.1) is 0 Å². The highest BCUT2D eigenvalue weighted by Crippen LogP contribution is 2.42. The van der Waals surface area contributed by atoms with E-state index in [2.05, 4.69) is 11.1 Å². The fourth-order valence-electron chi connectivity index (χ4n) is 2.94. The summed E-state index contributed by atoms with van der Waals surface area (Å²) in [5, 5.41) is 9.60.